The van der Waals surface area contributed by atoms with Gasteiger partial charge >= 0.3 is 5.69 Å². The molecule has 7 heteroatoms. The van der Waals surface area contributed by atoms with Gasteiger partial charge in [-0.25, -0.2) is 9.48 Å². The van der Waals surface area contributed by atoms with Crippen LogP contribution < -0.4 is 11.0 Å². The summed E-state index contributed by atoms with van der Waals surface area (Å²) >= 11 is 0. The number of nitrogens with zero attached hydrogens (tertiary/aromatic N) is 3. The van der Waals surface area contributed by atoms with Gasteiger partial charge in [-0.1, -0.05) is 0 Å². The summed E-state index contributed by atoms with van der Waals surface area (Å²) in [5.41, 5.74) is 0.568. The molecule has 1 amide bonds. The molecule has 0 radical (unpaired) electrons. The summed E-state index contributed by atoms with van der Waals surface area (Å²) in [5.74, 6) is 1.98. The van der Waals surface area contributed by atoms with Crippen molar-refractivity contribution in [1.29, 1.82) is 0 Å². The minimum absolute atomic E-state index is 0.00504. The van der Waals surface area contributed by atoms with Gasteiger partial charge in [0.1, 0.15) is 11.6 Å². The van der Waals surface area contributed by atoms with Crippen LogP contribution in [0.25, 0.3) is 0 Å². The van der Waals surface area contributed by atoms with Crippen LogP contribution in [-0.2, 0) is 19.5 Å². The van der Waals surface area contributed by atoms with E-state index in [1.807, 2.05) is 0 Å². The third-order valence-electron chi connectivity index (χ3n) is 4.98. The zero-order valence-electron chi connectivity index (χ0n) is 13.8. The highest BCUT2D eigenvalue weighted by Crippen LogP contribution is 2.30. The Morgan fingerprint density at radius 1 is 1.38 bits per heavy atom. The fraction of sp³-hybridized carbons (Fsp3) is 0.588. The fourth-order valence-electron chi connectivity index (χ4n) is 3.32. The van der Waals surface area contributed by atoms with Crippen LogP contribution in [-0.4, -0.2) is 26.3 Å². The van der Waals surface area contributed by atoms with E-state index in [0.29, 0.717) is 30.2 Å². The largest absolute Gasteiger partial charge is 0.469 e. The van der Waals surface area contributed by atoms with Crippen LogP contribution in [0.4, 0.5) is 0 Å². The van der Waals surface area contributed by atoms with Gasteiger partial charge in [0.25, 0.3) is 5.91 Å². The average molecular weight is 330 g/mol. The summed E-state index contributed by atoms with van der Waals surface area (Å²) in [5, 5.41) is 7.56. The quantitative estimate of drug-likeness (QED) is 0.921. The number of rotatable bonds is 4. The first-order valence-electron chi connectivity index (χ1n) is 8.63. The van der Waals surface area contributed by atoms with Crippen LogP contribution in [0.3, 0.4) is 0 Å². The molecule has 1 N–H and O–H groups in total. The van der Waals surface area contributed by atoms with E-state index in [9.17, 15) is 9.59 Å². The van der Waals surface area contributed by atoms with Crippen LogP contribution >= 0.6 is 0 Å². The monoisotopic (exact) mass is 330 g/mol. The van der Waals surface area contributed by atoms with Crippen LogP contribution in [0.2, 0.25) is 0 Å². The van der Waals surface area contributed by atoms with Crippen molar-refractivity contribution in [1.82, 2.24) is 19.7 Å². The van der Waals surface area contributed by atoms with Crippen molar-refractivity contribution in [2.24, 2.45) is 5.92 Å². The maximum absolute atomic E-state index is 12.5. The van der Waals surface area contributed by atoms with E-state index in [-0.39, 0.29) is 17.6 Å². The summed E-state index contributed by atoms with van der Waals surface area (Å²) < 4.78 is 8.59. The Morgan fingerprint density at radius 2 is 2.21 bits per heavy atom. The highest BCUT2D eigenvalue weighted by Gasteiger charge is 2.27. The normalized spacial score (nSPS) is 20.5. The first-order valence-corrected chi connectivity index (χ1v) is 8.63. The lowest BCUT2D eigenvalue weighted by atomic mass is 10.1. The number of hydrogen-bond acceptors (Lipinski definition) is 4. The Hall–Kier alpha value is -2.31. The van der Waals surface area contributed by atoms with E-state index in [0.717, 1.165) is 25.2 Å². The molecule has 1 atom stereocenters. The van der Waals surface area contributed by atoms with Gasteiger partial charge in [0.05, 0.1) is 11.8 Å². The van der Waals surface area contributed by atoms with Crippen molar-refractivity contribution >= 4 is 5.91 Å². The second-order valence-electron chi connectivity index (χ2n) is 6.86. The van der Waals surface area contributed by atoms with Crippen LogP contribution in [0.5, 0.6) is 0 Å². The smallest absolute Gasteiger partial charge is 0.345 e. The van der Waals surface area contributed by atoms with Gasteiger partial charge in [0, 0.05) is 25.6 Å². The zero-order valence-corrected chi connectivity index (χ0v) is 13.8. The first kappa shape index (κ1) is 15.2. The van der Waals surface area contributed by atoms with Gasteiger partial charge in [-0.05, 0) is 44.6 Å². The number of nitrogens with one attached hydrogen (secondary N) is 1. The topological polar surface area (TPSA) is 82.1 Å². The lowest BCUT2D eigenvalue weighted by molar-refractivity contribution is 0.0931. The summed E-state index contributed by atoms with van der Waals surface area (Å²) in [7, 11) is 0. The minimum atomic E-state index is -0.114. The number of fused-ring (bicyclic) bond motifs is 1. The van der Waals surface area contributed by atoms with Crippen molar-refractivity contribution in [2.45, 2.75) is 58.2 Å². The lowest BCUT2D eigenvalue weighted by Crippen LogP contribution is -2.36. The Labute approximate surface area is 139 Å². The molecule has 2 aliphatic rings. The van der Waals surface area contributed by atoms with Gasteiger partial charge in [0.15, 0.2) is 0 Å². The second-order valence-corrected chi connectivity index (χ2v) is 6.86. The van der Waals surface area contributed by atoms with Gasteiger partial charge in [-0.2, -0.15) is 5.10 Å². The summed E-state index contributed by atoms with van der Waals surface area (Å²) in [6.45, 7) is 3.13. The molecule has 2 aromatic heterocycles. The average Bonchev–Trinajstić information content (AvgIpc) is 3.24. The van der Waals surface area contributed by atoms with E-state index in [1.165, 1.54) is 19.1 Å². The maximum atomic E-state index is 12.5. The van der Waals surface area contributed by atoms with Crippen molar-refractivity contribution in [2.75, 3.05) is 0 Å². The molecule has 1 fully saturated rings. The Balaban J connectivity index is 1.42. The number of carbonyl (C=O) groups excluding carboxylic acids is 1. The van der Waals surface area contributed by atoms with Gasteiger partial charge in [-0.15, -0.1) is 0 Å². The van der Waals surface area contributed by atoms with Crippen LogP contribution in [0, 0.1) is 12.8 Å². The number of aryl methyl sites for hydroxylation is 2. The molecule has 7 nitrogen and oxygen atoms in total. The predicted molar refractivity (Wildman–Crippen MR) is 86.8 cm³/mol. The van der Waals surface area contributed by atoms with E-state index >= 15 is 0 Å². The summed E-state index contributed by atoms with van der Waals surface area (Å²) in [4.78, 5) is 24.8. The molecule has 0 aromatic carbocycles. The van der Waals surface area contributed by atoms with Crippen molar-refractivity contribution in [3.05, 3.63) is 40.0 Å². The number of furan rings is 1. The van der Waals surface area contributed by atoms with Crippen molar-refractivity contribution in [3.8, 4) is 0 Å². The fourth-order valence-corrected chi connectivity index (χ4v) is 3.32. The SMILES string of the molecule is Cc1occc1C(=O)NC1CCc2nn(CC3CC3)c(=O)n2CC1. The molecule has 3 heterocycles. The standard InChI is InChI=1S/C17H22N4O3/c1-11-14(7-9-24-11)16(22)18-13-4-5-15-19-21(10-12-2-3-12)17(23)20(15)8-6-13/h7,9,12-13H,2-6,8,10H2,1H3,(H,18,22). The molecule has 0 spiro atoms. The molecule has 1 saturated carbocycles. The number of hydrogen-bond donors (Lipinski definition) is 1. The molecule has 1 aliphatic carbocycles. The third-order valence-corrected chi connectivity index (χ3v) is 4.98. The second kappa shape index (κ2) is 5.96. The summed E-state index contributed by atoms with van der Waals surface area (Å²) in [6.07, 6.45) is 6.18. The molecule has 0 bridgehead atoms. The molecule has 1 unspecified atom stereocenters. The Bertz CT molecular complexity index is 812. The number of aromatic nitrogens is 3. The molecule has 24 heavy (non-hydrogen) atoms. The van der Waals surface area contributed by atoms with Crippen LogP contribution in [0.1, 0.15) is 47.6 Å². The Morgan fingerprint density at radius 3 is 2.92 bits per heavy atom. The van der Waals surface area contributed by atoms with E-state index < -0.39 is 0 Å². The first-order chi connectivity index (χ1) is 11.6. The third kappa shape index (κ3) is 2.90. The minimum Gasteiger partial charge on any atom is -0.469 e. The molecule has 2 aromatic rings. The molecule has 1 aliphatic heterocycles. The van der Waals surface area contributed by atoms with Gasteiger partial charge < -0.3 is 9.73 Å². The molecular formula is C17H22N4O3. The molecular weight excluding hydrogens is 308 g/mol. The molecule has 4 rings (SSSR count). The predicted octanol–water partition coefficient (Wildman–Crippen LogP) is 1.49. The highest BCUT2D eigenvalue weighted by atomic mass is 16.3. The highest BCUT2D eigenvalue weighted by molar-refractivity contribution is 5.95. The van der Waals surface area contributed by atoms with E-state index in [4.69, 9.17) is 4.42 Å². The van der Waals surface area contributed by atoms with Gasteiger partial charge in [-0.3, -0.25) is 9.36 Å². The van der Waals surface area contributed by atoms with Crippen molar-refractivity contribution < 1.29 is 9.21 Å². The zero-order chi connectivity index (χ0) is 16.7. The molecule has 128 valence electrons. The summed E-state index contributed by atoms with van der Waals surface area (Å²) in [6, 6.07) is 1.73. The Kier molecular flexibility index (Phi) is 3.78. The van der Waals surface area contributed by atoms with Crippen molar-refractivity contribution in [3.63, 3.8) is 0 Å². The van der Waals surface area contributed by atoms with E-state index in [2.05, 4.69) is 10.4 Å². The number of carbonyl (C=O) groups is 1. The lowest BCUT2D eigenvalue weighted by Gasteiger charge is -2.15. The maximum Gasteiger partial charge on any atom is 0.345 e. The molecule has 0 saturated heterocycles. The number of amides is 1. The van der Waals surface area contributed by atoms with Crippen LogP contribution in [0.15, 0.2) is 21.5 Å². The van der Waals surface area contributed by atoms with Gasteiger partial charge in [0.2, 0.25) is 0 Å². The van der Waals surface area contributed by atoms with E-state index in [1.54, 1.807) is 22.2 Å².